The van der Waals surface area contributed by atoms with Crippen LogP contribution in [0.4, 0.5) is 4.79 Å². The van der Waals surface area contributed by atoms with E-state index in [0.29, 0.717) is 6.54 Å². The van der Waals surface area contributed by atoms with E-state index in [-0.39, 0.29) is 12.1 Å². The van der Waals surface area contributed by atoms with E-state index in [4.69, 9.17) is 4.42 Å². The lowest BCUT2D eigenvalue weighted by Gasteiger charge is -2.16. The minimum Gasteiger partial charge on any atom is -0.466 e. The average Bonchev–Trinajstić information content (AvgIpc) is 3.08. The first-order chi connectivity index (χ1) is 11.0. The number of hydrogen-bond acceptors (Lipinski definition) is 4. The Morgan fingerprint density at radius 3 is 2.96 bits per heavy atom. The van der Waals surface area contributed by atoms with E-state index in [1.165, 1.54) is 0 Å². The van der Waals surface area contributed by atoms with Crippen molar-refractivity contribution in [3.63, 3.8) is 0 Å². The monoisotopic (exact) mass is 317 g/mol. The molecule has 2 N–H and O–H groups in total. The van der Waals surface area contributed by atoms with Gasteiger partial charge in [-0.1, -0.05) is 0 Å². The van der Waals surface area contributed by atoms with Crippen molar-refractivity contribution in [3.8, 4) is 0 Å². The number of furan rings is 1. The van der Waals surface area contributed by atoms with Gasteiger partial charge in [-0.25, -0.2) is 4.79 Å². The second-order valence-corrected chi connectivity index (χ2v) is 6.06. The molecule has 2 amide bonds. The van der Waals surface area contributed by atoms with Gasteiger partial charge in [-0.05, 0) is 39.7 Å². The number of amides is 2. The Morgan fingerprint density at radius 2 is 2.22 bits per heavy atom. The number of urea groups is 1. The quantitative estimate of drug-likeness (QED) is 0.906. The fourth-order valence-corrected chi connectivity index (χ4v) is 3.06. The highest BCUT2D eigenvalue weighted by Crippen LogP contribution is 2.21. The van der Waals surface area contributed by atoms with Gasteiger partial charge in [0.1, 0.15) is 17.3 Å². The van der Waals surface area contributed by atoms with Crippen molar-refractivity contribution in [2.75, 3.05) is 0 Å². The van der Waals surface area contributed by atoms with Crippen LogP contribution in [0.3, 0.4) is 0 Å². The summed E-state index contributed by atoms with van der Waals surface area (Å²) in [4.78, 5) is 12.1. The summed E-state index contributed by atoms with van der Waals surface area (Å²) in [6, 6.07) is 1.62. The molecule has 0 aliphatic carbocycles. The van der Waals surface area contributed by atoms with Gasteiger partial charge in [-0.3, -0.25) is 0 Å². The number of fused-ring (bicyclic) bond motifs is 1. The van der Waals surface area contributed by atoms with E-state index in [0.717, 1.165) is 54.5 Å². The summed E-state index contributed by atoms with van der Waals surface area (Å²) < 4.78 is 7.61. The number of carbonyl (C=O) groups excluding carboxylic acids is 1. The molecule has 0 bridgehead atoms. The van der Waals surface area contributed by atoms with Gasteiger partial charge in [-0.2, -0.15) is 0 Å². The third-order valence-electron chi connectivity index (χ3n) is 4.24. The minimum absolute atomic E-state index is 0.111. The van der Waals surface area contributed by atoms with Crippen LogP contribution >= 0.6 is 0 Å². The number of aryl methyl sites for hydroxylation is 3. The molecule has 3 heterocycles. The van der Waals surface area contributed by atoms with Gasteiger partial charge in [0.15, 0.2) is 5.82 Å². The first-order valence-electron chi connectivity index (χ1n) is 8.07. The SMILES string of the molecule is Cc1cc(C(C)NC(=O)NCc2nnc3n2CCCC3)c(C)o1. The molecule has 1 unspecified atom stereocenters. The van der Waals surface area contributed by atoms with Crippen molar-refractivity contribution in [1.82, 2.24) is 25.4 Å². The molecule has 23 heavy (non-hydrogen) atoms. The van der Waals surface area contributed by atoms with Crippen molar-refractivity contribution in [1.29, 1.82) is 0 Å². The molecule has 124 valence electrons. The molecular weight excluding hydrogens is 294 g/mol. The van der Waals surface area contributed by atoms with Crippen molar-refractivity contribution in [3.05, 3.63) is 34.8 Å². The maximum Gasteiger partial charge on any atom is 0.315 e. The van der Waals surface area contributed by atoms with E-state index in [9.17, 15) is 4.79 Å². The van der Waals surface area contributed by atoms with Crippen LogP contribution in [-0.4, -0.2) is 20.8 Å². The smallest absolute Gasteiger partial charge is 0.315 e. The zero-order valence-corrected chi connectivity index (χ0v) is 13.8. The maximum absolute atomic E-state index is 12.1. The lowest BCUT2D eigenvalue weighted by Crippen LogP contribution is -2.37. The summed E-state index contributed by atoms with van der Waals surface area (Å²) in [6.45, 7) is 7.06. The van der Waals surface area contributed by atoms with E-state index < -0.39 is 0 Å². The van der Waals surface area contributed by atoms with E-state index in [1.54, 1.807) is 0 Å². The number of carbonyl (C=O) groups is 1. The molecule has 0 aromatic carbocycles. The summed E-state index contributed by atoms with van der Waals surface area (Å²) in [5.41, 5.74) is 0.998. The highest BCUT2D eigenvalue weighted by atomic mass is 16.3. The molecule has 0 radical (unpaired) electrons. The lowest BCUT2D eigenvalue weighted by molar-refractivity contribution is 0.237. The molecule has 7 heteroatoms. The van der Waals surface area contributed by atoms with E-state index in [1.807, 2.05) is 26.8 Å². The summed E-state index contributed by atoms with van der Waals surface area (Å²) >= 11 is 0. The molecule has 0 fully saturated rings. The van der Waals surface area contributed by atoms with Crippen molar-refractivity contribution in [2.45, 2.75) is 59.2 Å². The molecule has 0 spiro atoms. The highest BCUT2D eigenvalue weighted by Gasteiger charge is 2.18. The zero-order chi connectivity index (χ0) is 16.4. The molecular formula is C16H23N5O2. The van der Waals surface area contributed by atoms with Crippen LogP contribution in [0.25, 0.3) is 0 Å². The van der Waals surface area contributed by atoms with Crippen LogP contribution in [0, 0.1) is 13.8 Å². The second kappa shape index (κ2) is 6.44. The predicted octanol–water partition coefficient (Wildman–Crippen LogP) is 2.38. The molecule has 7 nitrogen and oxygen atoms in total. The highest BCUT2D eigenvalue weighted by molar-refractivity contribution is 5.74. The predicted molar refractivity (Wildman–Crippen MR) is 84.9 cm³/mol. The van der Waals surface area contributed by atoms with Crippen LogP contribution in [-0.2, 0) is 19.5 Å². The second-order valence-electron chi connectivity index (χ2n) is 6.06. The Labute approximate surface area is 135 Å². The molecule has 0 saturated heterocycles. The minimum atomic E-state index is -0.219. The van der Waals surface area contributed by atoms with Gasteiger partial charge >= 0.3 is 6.03 Å². The Morgan fingerprint density at radius 1 is 1.39 bits per heavy atom. The fourth-order valence-electron chi connectivity index (χ4n) is 3.06. The molecule has 1 aliphatic rings. The summed E-state index contributed by atoms with van der Waals surface area (Å²) in [6.07, 6.45) is 3.27. The van der Waals surface area contributed by atoms with Gasteiger partial charge in [-0.15, -0.1) is 10.2 Å². The largest absolute Gasteiger partial charge is 0.466 e. The summed E-state index contributed by atoms with van der Waals surface area (Å²) in [5, 5.41) is 14.1. The van der Waals surface area contributed by atoms with Gasteiger partial charge in [0.25, 0.3) is 0 Å². The zero-order valence-electron chi connectivity index (χ0n) is 13.8. The molecule has 1 aliphatic heterocycles. The van der Waals surface area contributed by atoms with E-state index in [2.05, 4.69) is 25.4 Å². The van der Waals surface area contributed by atoms with Crippen molar-refractivity contribution < 1.29 is 9.21 Å². The molecule has 1 atom stereocenters. The number of nitrogens with one attached hydrogen (secondary N) is 2. The topological polar surface area (TPSA) is 85.0 Å². The summed E-state index contributed by atoms with van der Waals surface area (Å²) in [7, 11) is 0. The number of hydrogen-bond donors (Lipinski definition) is 2. The Kier molecular flexibility index (Phi) is 4.36. The molecule has 3 rings (SSSR count). The third-order valence-corrected chi connectivity index (χ3v) is 4.24. The average molecular weight is 317 g/mol. The third kappa shape index (κ3) is 3.38. The molecule has 0 saturated carbocycles. The molecule has 2 aromatic heterocycles. The van der Waals surface area contributed by atoms with Gasteiger partial charge in [0.2, 0.25) is 0 Å². The van der Waals surface area contributed by atoms with Crippen LogP contribution < -0.4 is 10.6 Å². The van der Waals surface area contributed by atoms with E-state index >= 15 is 0 Å². The van der Waals surface area contributed by atoms with Gasteiger partial charge < -0.3 is 19.6 Å². The standard InChI is InChI=1S/C16H23N5O2/c1-10-8-13(12(3)23-10)11(2)18-16(22)17-9-15-20-19-14-6-4-5-7-21(14)15/h8,11H,4-7,9H2,1-3H3,(H2,17,18,22). The molecule has 2 aromatic rings. The van der Waals surface area contributed by atoms with Crippen LogP contribution in [0.15, 0.2) is 10.5 Å². The van der Waals surface area contributed by atoms with Crippen LogP contribution in [0.1, 0.15) is 54.5 Å². The van der Waals surface area contributed by atoms with Crippen LogP contribution in [0.2, 0.25) is 0 Å². The van der Waals surface area contributed by atoms with Gasteiger partial charge in [0, 0.05) is 18.5 Å². The first-order valence-corrected chi connectivity index (χ1v) is 8.07. The maximum atomic E-state index is 12.1. The Balaban J connectivity index is 1.55. The number of rotatable bonds is 4. The normalized spacial score (nSPS) is 15.1. The van der Waals surface area contributed by atoms with Crippen LogP contribution in [0.5, 0.6) is 0 Å². The fraction of sp³-hybridized carbons (Fsp3) is 0.562. The Bertz CT molecular complexity index is 703. The lowest BCUT2D eigenvalue weighted by atomic mass is 10.1. The number of aromatic nitrogens is 3. The number of nitrogens with zero attached hydrogens (tertiary/aromatic N) is 3. The van der Waals surface area contributed by atoms with Crippen molar-refractivity contribution in [2.24, 2.45) is 0 Å². The summed E-state index contributed by atoms with van der Waals surface area (Å²) in [5.74, 6) is 3.52. The Hall–Kier alpha value is -2.31. The first kappa shape index (κ1) is 15.6. The van der Waals surface area contributed by atoms with Crippen molar-refractivity contribution >= 4 is 6.03 Å². The van der Waals surface area contributed by atoms with Gasteiger partial charge in [0.05, 0.1) is 12.6 Å².